The fourth-order valence-corrected chi connectivity index (χ4v) is 3.94. The molecule has 0 unspecified atom stereocenters. The number of nitrogens with one attached hydrogen (secondary N) is 1. The quantitative estimate of drug-likeness (QED) is 0.810. The summed E-state index contributed by atoms with van der Waals surface area (Å²) in [4.78, 5) is 5.75. The van der Waals surface area contributed by atoms with Crippen molar-refractivity contribution in [1.82, 2.24) is 14.7 Å². The fraction of sp³-hybridized carbons (Fsp3) is 0.429. The number of rotatable bonds is 6. The fourth-order valence-electron chi connectivity index (χ4n) is 1.60. The van der Waals surface area contributed by atoms with E-state index < -0.39 is 0 Å². The van der Waals surface area contributed by atoms with Gasteiger partial charge in [-0.2, -0.15) is 4.37 Å². The second kappa shape index (κ2) is 7.54. The van der Waals surface area contributed by atoms with Gasteiger partial charge in [0.15, 0.2) is 4.34 Å². The predicted molar refractivity (Wildman–Crippen MR) is 89.5 cm³/mol. The van der Waals surface area contributed by atoms with Crippen LogP contribution in [-0.4, -0.2) is 15.4 Å². The van der Waals surface area contributed by atoms with E-state index in [1.807, 2.05) is 0 Å². The Hall–Kier alpha value is -0.430. The van der Waals surface area contributed by atoms with Crippen molar-refractivity contribution in [3.8, 4) is 0 Å². The van der Waals surface area contributed by atoms with Crippen LogP contribution in [0.4, 0.5) is 0 Å². The highest BCUT2D eigenvalue weighted by Gasteiger charge is 2.10. The van der Waals surface area contributed by atoms with Crippen molar-refractivity contribution in [3.63, 3.8) is 0 Å². The van der Waals surface area contributed by atoms with Gasteiger partial charge in [-0.3, -0.25) is 0 Å². The van der Waals surface area contributed by atoms with Crippen LogP contribution >= 0.6 is 39.2 Å². The molecule has 108 valence electrons. The number of benzene rings is 1. The molecule has 2 aromatic rings. The van der Waals surface area contributed by atoms with Crippen molar-refractivity contribution in [2.75, 3.05) is 0 Å². The largest absolute Gasteiger partial charge is 0.310 e. The SMILES string of the molecule is CCc1nsc(Sc2cc(Br)ccc2CNC(C)C)n1. The van der Waals surface area contributed by atoms with Crippen LogP contribution in [0.25, 0.3) is 0 Å². The first-order valence-corrected chi connectivity index (χ1v) is 8.99. The van der Waals surface area contributed by atoms with Crippen molar-refractivity contribution in [2.45, 2.75) is 49.0 Å². The van der Waals surface area contributed by atoms with E-state index in [9.17, 15) is 0 Å². The van der Waals surface area contributed by atoms with Gasteiger partial charge in [0.25, 0.3) is 0 Å². The van der Waals surface area contributed by atoms with Gasteiger partial charge in [0.05, 0.1) is 0 Å². The van der Waals surface area contributed by atoms with Crippen LogP contribution in [0.5, 0.6) is 0 Å². The third kappa shape index (κ3) is 4.55. The summed E-state index contributed by atoms with van der Waals surface area (Å²) in [5.41, 5.74) is 1.29. The highest BCUT2D eigenvalue weighted by atomic mass is 79.9. The van der Waals surface area contributed by atoms with E-state index in [0.29, 0.717) is 6.04 Å². The van der Waals surface area contributed by atoms with Crippen LogP contribution in [-0.2, 0) is 13.0 Å². The number of hydrogen-bond acceptors (Lipinski definition) is 5. The molecular formula is C14H18BrN3S2. The van der Waals surface area contributed by atoms with E-state index >= 15 is 0 Å². The maximum Gasteiger partial charge on any atom is 0.174 e. The molecule has 0 atom stereocenters. The topological polar surface area (TPSA) is 37.8 Å². The third-order valence-electron chi connectivity index (χ3n) is 2.69. The minimum Gasteiger partial charge on any atom is -0.310 e. The number of nitrogens with zero attached hydrogens (tertiary/aromatic N) is 2. The third-order valence-corrected chi connectivity index (χ3v) is 5.08. The van der Waals surface area contributed by atoms with E-state index in [0.717, 1.165) is 27.6 Å². The van der Waals surface area contributed by atoms with Gasteiger partial charge in [0.2, 0.25) is 0 Å². The molecule has 0 aliphatic rings. The number of hydrogen-bond donors (Lipinski definition) is 1. The molecule has 1 aromatic carbocycles. The molecule has 0 aliphatic carbocycles. The Balaban J connectivity index is 2.17. The second-order valence-corrected chi connectivity index (χ2v) is 7.68. The van der Waals surface area contributed by atoms with Crippen molar-refractivity contribution in [2.24, 2.45) is 0 Å². The summed E-state index contributed by atoms with van der Waals surface area (Å²) >= 11 is 6.71. The van der Waals surface area contributed by atoms with Gasteiger partial charge in [-0.15, -0.1) is 0 Å². The van der Waals surface area contributed by atoms with Crippen molar-refractivity contribution in [1.29, 1.82) is 0 Å². The number of aromatic nitrogens is 2. The number of aryl methyl sites for hydroxylation is 1. The van der Waals surface area contributed by atoms with E-state index in [1.165, 1.54) is 22.0 Å². The Kier molecular flexibility index (Phi) is 6.01. The van der Waals surface area contributed by atoms with E-state index in [-0.39, 0.29) is 0 Å². The van der Waals surface area contributed by atoms with Crippen LogP contribution in [0, 0.1) is 0 Å². The predicted octanol–water partition coefficient (Wildman–Crippen LogP) is 4.51. The Morgan fingerprint density at radius 1 is 1.40 bits per heavy atom. The molecule has 0 fully saturated rings. The zero-order valence-electron chi connectivity index (χ0n) is 11.8. The van der Waals surface area contributed by atoms with Crippen LogP contribution in [0.2, 0.25) is 0 Å². The molecule has 1 N–H and O–H groups in total. The Bertz CT molecular complexity index is 569. The first-order chi connectivity index (χ1) is 9.58. The lowest BCUT2D eigenvalue weighted by molar-refractivity contribution is 0.584. The lowest BCUT2D eigenvalue weighted by Gasteiger charge is -2.12. The Morgan fingerprint density at radius 3 is 2.85 bits per heavy atom. The maximum absolute atomic E-state index is 4.52. The maximum atomic E-state index is 4.52. The smallest absolute Gasteiger partial charge is 0.174 e. The lowest BCUT2D eigenvalue weighted by Crippen LogP contribution is -2.22. The Labute approximate surface area is 136 Å². The first kappa shape index (κ1) is 15.9. The van der Waals surface area contributed by atoms with Crippen molar-refractivity contribution < 1.29 is 0 Å². The molecule has 20 heavy (non-hydrogen) atoms. The summed E-state index contributed by atoms with van der Waals surface area (Å²) in [6.07, 6.45) is 0.886. The van der Waals surface area contributed by atoms with E-state index in [2.05, 4.69) is 69.6 Å². The number of halogens is 1. The molecule has 0 spiro atoms. The molecule has 6 heteroatoms. The molecule has 0 saturated carbocycles. The van der Waals surface area contributed by atoms with Crippen LogP contribution in [0.3, 0.4) is 0 Å². The highest BCUT2D eigenvalue weighted by Crippen LogP contribution is 2.33. The minimum atomic E-state index is 0.477. The van der Waals surface area contributed by atoms with Gasteiger partial charge in [-0.1, -0.05) is 54.5 Å². The van der Waals surface area contributed by atoms with Gasteiger partial charge >= 0.3 is 0 Å². The molecule has 0 saturated heterocycles. The molecule has 0 amide bonds. The molecule has 1 heterocycles. The molecule has 0 bridgehead atoms. The molecular weight excluding hydrogens is 354 g/mol. The van der Waals surface area contributed by atoms with Crippen LogP contribution < -0.4 is 5.32 Å². The summed E-state index contributed by atoms with van der Waals surface area (Å²) in [6, 6.07) is 6.86. The Morgan fingerprint density at radius 2 is 2.20 bits per heavy atom. The van der Waals surface area contributed by atoms with Gasteiger partial charge in [0.1, 0.15) is 5.82 Å². The summed E-state index contributed by atoms with van der Waals surface area (Å²) in [5, 5.41) is 3.46. The highest BCUT2D eigenvalue weighted by molar-refractivity contribution is 9.10. The summed E-state index contributed by atoms with van der Waals surface area (Å²) in [6.45, 7) is 7.26. The summed E-state index contributed by atoms with van der Waals surface area (Å²) in [5.74, 6) is 0.925. The lowest BCUT2D eigenvalue weighted by atomic mass is 10.2. The summed E-state index contributed by atoms with van der Waals surface area (Å²) < 4.78 is 6.44. The molecule has 0 aliphatic heterocycles. The standard InChI is InChI=1S/C14H18BrN3S2/c1-4-13-17-14(20-18-13)19-12-7-11(15)6-5-10(12)8-16-9(2)3/h5-7,9,16H,4,8H2,1-3H3. The van der Waals surface area contributed by atoms with Crippen LogP contribution in [0.15, 0.2) is 31.9 Å². The van der Waals surface area contributed by atoms with Gasteiger partial charge in [-0.25, -0.2) is 4.98 Å². The molecule has 0 radical (unpaired) electrons. The van der Waals surface area contributed by atoms with Crippen molar-refractivity contribution >= 4 is 39.2 Å². The average Bonchev–Trinajstić information content (AvgIpc) is 2.85. The van der Waals surface area contributed by atoms with Gasteiger partial charge in [0, 0.05) is 28.4 Å². The molecule has 2 rings (SSSR count). The van der Waals surface area contributed by atoms with Crippen molar-refractivity contribution in [3.05, 3.63) is 34.1 Å². The van der Waals surface area contributed by atoms with Gasteiger partial charge in [-0.05, 0) is 29.2 Å². The monoisotopic (exact) mass is 371 g/mol. The van der Waals surface area contributed by atoms with E-state index in [1.54, 1.807) is 11.8 Å². The normalized spacial score (nSPS) is 11.2. The van der Waals surface area contributed by atoms with Crippen LogP contribution in [0.1, 0.15) is 32.2 Å². The summed E-state index contributed by atoms with van der Waals surface area (Å²) in [7, 11) is 0. The zero-order chi connectivity index (χ0) is 14.5. The minimum absolute atomic E-state index is 0.477. The molecule has 1 aromatic heterocycles. The zero-order valence-corrected chi connectivity index (χ0v) is 15.0. The van der Waals surface area contributed by atoms with E-state index in [4.69, 9.17) is 0 Å². The molecule has 3 nitrogen and oxygen atoms in total. The van der Waals surface area contributed by atoms with Gasteiger partial charge < -0.3 is 5.32 Å². The first-order valence-electron chi connectivity index (χ1n) is 6.60. The average molecular weight is 372 g/mol. The second-order valence-electron chi connectivity index (χ2n) is 4.72.